The minimum Gasteiger partial charge on any atom is -0.326 e. The highest BCUT2D eigenvalue weighted by Gasteiger charge is 2.27. The number of anilines is 2. The van der Waals surface area contributed by atoms with Crippen molar-refractivity contribution >= 4 is 23.3 Å². The van der Waals surface area contributed by atoms with E-state index in [4.69, 9.17) is 0 Å². The Balaban J connectivity index is 1.52. The van der Waals surface area contributed by atoms with E-state index in [-0.39, 0.29) is 23.7 Å². The Hall–Kier alpha value is -2.89. The van der Waals surface area contributed by atoms with Gasteiger partial charge in [-0.05, 0) is 49.6 Å². The van der Waals surface area contributed by atoms with Crippen LogP contribution in [0.5, 0.6) is 0 Å². The Morgan fingerprint density at radius 2 is 1.73 bits per heavy atom. The smallest absolute Gasteiger partial charge is 0.321 e. The molecule has 2 aromatic carbocycles. The average Bonchev–Trinajstić information content (AvgIpc) is 2.65. The molecule has 6 heteroatoms. The molecule has 1 saturated heterocycles. The third kappa shape index (κ3) is 4.39. The van der Waals surface area contributed by atoms with E-state index in [0.717, 1.165) is 11.3 Å². The topological polar surface area (TPSA) is 61.4 Å². The zero-order valence-electron chi connectivity index (χ0n) is 14.7. The second-order valence-corrected chi connectivity index (χ2v) is 6.51. The van der Waals surface area contributed by atoms with Gasteiger partial charge in [0.2, 0.25) is 5.91 Å². The van der Waals surface area contributed by atoms with Crippen LogP contribution in [0.15, 0.2) is 48.5 Å². The number of hydrogen-bond acceptors (Lipinski definition) is 2. The molecule has 2 aromatic rings. The lowest BCUT2D eigenvalue weighted by Gasteiger charge is -2.31. The van der Waals surface area contributed by atoms with Crippen LogP contribution in [0, 0.1) is 18.7 Å². The van der Waals surface area contributed by atoms with Crippen LogP contribution in [-0.2, 0) is 4.79 Å². The SMILES string of the molecule is Cc1ccc(F)cc1NC(=O)C1CCN(C(=O)Nc2ccccc2)CC1. The summed E-state index contributed by atoms with van der Waals surface area (Å²) in [5, 5.41) is 5.66. The quantitative estimate of drug-likeness (QED) is 0.874. The maximum absolute atomic E-state index is 13.4. The molecule has 0 atom stereocenters. The first-order chi connectivity index (χ1) is 12.5. The monoisotopic (exact) mass is 355 g/mol. The summed E-state index contributed by atoms with van der Waals surface area (Å²) in [5.74, 6) is -0.682. The molecular formula is C20H22FN3O2. The molecule has 0 spiro atoms. The minimum absolute atomic E-state index is 0.123. The molecule has 0 radical (unpaired) electrons. The van der Waals surface area contributed by atoms with Gasteiger partial charge >= 0.3 is 6.03 Å². The lowest BCUT2D eigenvalue weighted by molar-refractivity contribution is -0.121. The normalized spacial score (nSPS) is 14.8. The molecule has 3 amide bonds. The summed E-state index contributed by atoms with van der Waals surface area (Å²) in [4.78, 5) is 26.4. The molecular weight excluding hydrogens is 333 g/mol. The molecule has 0 aromatic heterocycles. The van der Waals surface area contributed by atoms with E-state index in [1.54, 1.807) is 11.0 Å². The Bertz CT molecular complexity index is 787. The maximum Gasteiger partial charge on any atom is 0.321 e. The van der Waals surface area contributed by atoms with Crippen LogP contribution in [0.4, 0.5) is 20.6 Å². The summed E-state index contributed by atoms with van der Waals surface area (Å²) >= 11 is 0. The van der Waals surface area contributed by atoms with Crippen LogP contribution in [0.3, 0.4) is 0 Å². The van der Waals surface area contributed by atoms with E-state index in [1.165, 1.54) is 12.1 Å². The number of carbonyl (C=O) groups excluding carboxylic acids is 2. The number of nitrogens with one attached hydrogen (secondary N) is 2. The van der Waals surface area contributed by atoms with Crippen molar-refractivity contribution in [2.45, 2.75) is 19.8 Å². The van der Waals surface area contributed by atoms with E-state index < -0.39 is 0 Å². The van der Waals surface area contributed by atoms with Crippen LogP contribution in [0.25, 0.3) is 0 Å². The molecule has 0 saturated carbocycles. The number of halogens is 1. The number of nitrogens with zero attached hydrogens (tertiary/aromatic N) is 1. The third-order valence-electron chi connectivity index (χ3n) is 4.64. The Morgan fingerprint density at radius 3 is 2.42 bits per heavy atom. The molecule has 1 fully saturated rings. The van der Waals surface area contributed by atoms with Gasteiger partial charge in [-0.1, -0.05) is 24.3 Å². The van der Waals surface area contributed by atoms with Gasteiger partial charge in [-0.2, -0.15) is 0 Å². The van der Waals surface area contributed by atoms with Crippen LogP contribution >= 0.6 is 0 Å². The molecule has 26 heavy (non-hydrogen) atoms. The van der Waals surface area contributed by atoms with Crippen LogP contribution in [0.1, 0.15) is 18.4 Å². The first kappa shape index (κ1) is 17.9. The van der Waals surface area contributed by atoms with Gasteiger partial charge in [0.1, 0.15) is 5.82 Å². The second-order valence-electron chi connectivity index (χ2n) is 6.51. The van der Waals surface area contributed by atoms with Gasteiger partial charge in [0.05, 0.1) is 0 Å². The Morgan fingerprint density at radius 1 is 1.04 bits per heavy atom. The molecule has 0 aliphatic carbocycles. The number of carbonyl (C=O) groups is 2. The average molecular weight is 355 g/mol. The second kappa shape index (κ2) is 7.99. The Kier molecular flexibility index (Phi) is 5.51. The number of para-hydroxylation sites is 1. The first-order valence-electron chi connectivity index (χ1n) is 8.71. The zero-order valence-corrected chi connectivity index (χ0v) is 14.7. The Labute approximate surface area is 152 Å². The van der Waals surface area contributed by atoms with Gasteiger partial charge in [-0.3, -0.25) is 4.79 Å². The van der Waals surface area contributed by atoms with Crippen LogP contribution < -0.4 is 10.6 Å². The number of piperidine rings is 1. The van der Waals surface area contributed by atoms with Crippen molar-refractivity contribution in [3.8, 4) is 0 Å². The highest BCUT2D eigenvalue weighted by molar-refractivity contribution is 5.94. The molecule has 3 rings (SSSR count). The molecule has 1 heterocycles. The minimum atomic E-state index is -0.377. The fourth-order valence-electron chi connectivity index (χ4n) is 3.03. The van der Waals surface area contributed by atoms with Crippen molar-refractivity contribution < 1.29 is 14.0 Å². The third-order valence-corrected chi connectivity index (χ3v) is 4.64. The van der Waals surface area contributed by atoms with Gasteiger partial charge < -0.3 is 15.5 Å². The van der Waals surface area contributed by atoms with Gasteiger partial charge in [0, 0.05) is 30.4 Å². The van der Waals surface area contributed by atoms with Crippen molar-refractivity contribution in [2.75, 3.05) is 23.7 Å². The number of likely N-dealkylation sites (tertiary alicyclic amines) is 1. The van der Waals surface area contributed by atoms with Crippen LogP contribution in [-0.4, -0.2) is 29.9 Å². The largest absolute Gasteiger partial charge is 0.326 e. The lowest BCUT2D eigenvalue weighted by atomic mass is 9.96. The molecule has 0 unspecified atom stereocenters. The van der Waals surface area contributed by atoms with Crippen molar-refractivity contribution in [1.82, 2.24) is 4.90 Å². The molecule has 5 nitrogen and oxygen atoms in total. The van der Waals surface area contributed by atoms with E-state index in [9.17, 15) is 14.0 Å². The summed E-state index contributed by atoms with van der Waals surface area (Å²) in [6.07, 6.45) is 1.17. The summed E-state index contributed by atoms with van der Waals surface area (Å²) < 4.78 is 13.4. The van der Waals surface area contributed by atoms with E-state index in [0.29, 0.717) is 31.6 Å². The maximum atomic E-state index is 13.4. The predicted molar refractivity (Wildman–Crippen MR) is 99.5 cm³/mol. The van der Waals surface area contributed by atoms with E-state index >= 15 is 0 Å². The summed E-state index contributed by atoms with van der Waals surface area (Å²) in [6.45, 7) is 2.85. The first-order valence-corrected chi connectivity index (χ1v) is 8.71. The number of amides is 3. The van der Waals surface area contributed by atoms with E-state index in [2.05, 4.69) is 10.6 Å². The molecule has 1 aliphatic heterocycles. The lowest BCUT2D eigenvalue weighted by Crippen LogP contribution is -2.43. The highest BCUT2D eigenvalue weighted by atomic mass is 19.1. The van der Waals surface area contributed by atoms with Gasteiger partial charge in [-0.15, -0.1) is 0 Å². The molecule has 1 aliphatic rings. The van der Waals surface area contributed by atoms with Crippen molar-refractivity contribution in [3.05, 3.63) is 59.9 Å². The predicted octanol–water partition coefficient (Wildman–Crippen LogP) is 4.02. The number of rotatable bonds is 3. The number of hydrogen-bond donors (Lipinski definition) is 2. The van der Waals surface area contributed by atoms with Crippen LogP contribution in [0.2, 0.25) is 0 Å². The number of urea groups is 1. The van der Waals surface area contributed by atoms with Crippen molar-refractivity contribution in [3.63, 3.8) is 0 Å². The fraction of sp³-hybridized carbons (Fsp3) is 0.300. The van der Waals surface area contributed by atoms with E-state index in [1.807, 2.05) is 37.3 Å². The summed E-state index contributed by atoms with van der Waals surface area (Å²) in [7, 11) is 0. The molecule has 2 N–H and O–H groups in total. The van der Waals surface area contributed by atoms with Crippen molar-refractivity contribution in [2.24, 2.45) is 5.92 Å². The zero-order chi connectivity index (χ0) is 18.5. The highest BCUT2D eigenvalue weighted by Crippen LogP contribution is 2.22. The number of aryl methyl sites for hydroxylation is 1. The van der Waals surface area contributed by atoms with Gasteiger partial charge in [0.25, 0.3) is 0 Å². The van der Waals surface area contributed by atoms with Gasteiger partial charge in [-0.25, -0.2) is 9.18 Å². The summed E-state index contributed by atoms with van der Waals surface area (Å²) in [6, 6.07) is 13.5. The molecule has 0 bridgehead atoms. The van der Waals surface area contributed by atoms with Crippen molar-refractivity contribution in [1.29, 1.82) is 0 Å². The number of benzene rings is 2. The fourth-order valence-corrected chi connectivity index (χ4v) is 3.03. The summed E-state index contributed by atoms with van der Waals surface area (Å²) in [5.41, 5.74) is 2.07. The standard InChI is InChI=1S/C20H22FN3O2/c1-14-7-8-16(21)13-18(14)23-19(25)15-9-11-24(12-10-15)20(26)22-17-5-3-2-4-6-17/h2-8,13,15H,9-12H2,1H3,(H,22,26)(H,23,25). The molecule has 136 valence electrons. The van der Waals surface area contributed by atoms with Gasteiger partial charge in [0.15, 0.2) is 0 Å².